The molecule has 1 aromatic heterocycles. The number of hydrogen-bond acceptors (Lipinski definition) is 3. The number of benzene rings is 2. The molecule has 4 heteroatoms. The second-order valence-corrected chi connectivity index (χ2v) is 5.54. The van der Waals surface area contributed by atoms with Crippen molar-refractivity contribution in [3.05, 3.63) is 58.4 Å². The van der Waals surface area contributed by atoms with E-state index < -0.39 is 0 Å². The van der Waals surface area contributed by atoms with E-state index in [1.165, 1.54) is 0 Å². The molecule has 1 heterocycles. The summed E-state index contributed by atoms with van der Waals surface area (Å²) in [6, 6.07) is 13.6. The Morgan fingerprint density at radius 3 is 2.82 bits per heavy atom. The fourth-order valence-corrected chi connectivity index (χ4v) is 2.85. The lowest BCUT2D eigenvalue weighted by molar-refractivity contribution is -0.706. The van der Waals surface area contributed by atoms with Crippen molar-refractivity contribution >= 4 is 21.7 Å². The predicted octanol–water partition coefficient (Wildman–Crippen LogP) is 1.78. The maximum atomic E-state index is 11.8. The van der Waals surface area contributed by atoms with E-state index in [2.05, 4.69) is 11.4 Å². The van der Waals surface area contributed by atoms with Crippen LogP contribution in [0.5, 0.6) is 0 Å². The molecule has 3 rings (SSSR count). The summed E-state index contributed by atoms with van der Waals surface area (Å²) in [5, 5.41) is 14.6. The van der Waals surface area contributed by atoms with Crippen molar-refractivity contribution in [2.45, 2.75) is 25.9 Å². The van der Waals surface area contributed by atoms with Gasteiger partial charge in [-0.2, -0.15) is 0 Å². The fourth-order valence-electron chi connectivity index (χ4n) is 2.85. The number of nitrogens with two attached hydrogens (primary N) is 1. The lowest BCUT2D eigenvalue weighted by atomic mass is 10.0. The number of fused-ring (bicyclic) bond motifs is 3. The van der Waals surface area contributed by atoms with Crippen molar-refractivity contribution < 1.29 is 14.8 Å². The van der Waals surface area contributed by atoms with E-state index in [0.29, 0.717) is 12.1 Å². The van der Waals surface area contributed by atoms with E-state index in [4.69, 9.17) is 4.42 Å². The fraction of sp³-hybridized carbons (Fsp3) is 0.278. The summed E-state index contributed by atoms with van der Waals surface area (Å²) in [7, 11) is 0. The number of hydrogen-bond donors (Lipinski definition) is 2. The van der Waals surface area contributed by atoms with E-state index in [-0.39, 0.29) is 18.3 Å². The molecule has 0 spiro atoms. The monoisotopic (exact) mass is 298 g/mol. The standard InChI is InChI=1S/C18H19NO3/c1-2-14(11-20)19-10-13-9-17(21)22-16-8-7-12-5-3-4-6-15(12)18(13)16/h3-9,14,19-20H,2,10-11H2,1H3/p+1/t14-/m0/s1. The van der Waals surface area contributed by atoms with Crippen LogP contribution in [0.15, 0.2) is 51.7 Å². The molecule has 0 radical (unpaired) electrons. The summed E-state index contributed by atoms with van der Waals surface area (Å²) < 4.78 is 5.35. The highest BCUT2D eigenvalue weighted by Crippen LogP contribution is 2.26. The SMILES string of the molecule is CC[C@@H](CO)[NH2+]Cc1cc(=O)oc2ccc3ccccc3c12. The Hall–Kier alpha value is -2.17. The molecule has 3 N–H and O–H groups in total. The summed E-state index contributed by atoms with van der Waals surface area (Å²) in [4.78, 5) is 11.8. The first kappa shape index (κ1) is 14.8. The number of quaternary nitrogens is 1. The van der Waals surface area contributed by atoms with Crippen LogP contribution < -0.4 is 10.9 Å². The minimum Gasteiger partial charge on any atom is -0.423 e. The zero-order valence-corrected chi connectivity index (χ0v) is 12.6. The van der Waals surface area contributed by atoms with Gasteiger partial charge in [0.25, 0.3) is 0 Å². The molecule has 0 aliphatic heterocycles. The Bertz CT molecular complexity index is 850. The third-order valence-corrected chi connectivity index (χ3v) is 4.14. The minimum atomic E-state index is -0.330. The number of rotatable bonds is 5. The van der Waals surface area contributed by atoms with Crippen molar-refractivity contribution in [2.75, 3.05) is 6.61 Å². The summed E-state index contributed by atoms with van der Waals surface area (Å²) in [5.41, 5.74) is 1.24. The summed E-state index contributed by atoms with van der Waals surface area (Å²) >= 11 is 0. The van der Waals surface area contributed by atoms with E-state index in [0.717, 1.165) is 28.1 Å². The highest BCUT2D eigenvalue weighted by atomic mass is 16.4. The van der Waals surface area contributed by atoms with Gasteiger partial charge in [0.15, 0.2) is 0 Å². The average molecular weight is 298 g/mol. The van der Waals surface area contributed by atoms with Gasteiger partial charge in [-0.05, 0) is 23.3 Å². The van der Waals surface area contributed by atoms with Gasteiger partial charge in [0.2, 0.25) is 0 Å². The number of aliphatic hydroxyl groups excluding tert-OH is 1. The second kappa shape index (κ2) is 6.30. The molecule has 0 unspecified atom stereocenters. The van der Waals surface area contributed by atoms with Gasteiger partial charge in [0.05, 0.1) is 6.61 Å². The molecule has 0 fully saturated rings. The molecule has 0 saturated heterocycles. The quantitative estimate of drug-likeness (QED) is 0.557. The van der Waals surface area contributed by atoms with Gasteiger partial charge >= 0.3 is 5.63 Å². The zero-order valence-electron chi connectivity index (χ0n) is 12.6. The molecule has 22 heavy (non-hydrogen) atoms. The molecule has 4 nitrogen and oxygen atoms in total. The Labute approximate surface area is 128 Å². The Kier molecular flexibility index (Phi) is 4.22. The van der Waals surface area contributed by atoms with Crippen molar-refractivity contribution in [3.63, 3.8) is 0 Å². The first-order valence-corrected chi connectivity index (χ1v) is 7.61. The smallest absolute Gasteiger partial charge is 0.336 e. The molecule has 3 aromatic rings. The molecule has 114 valence electrons. The van der Waals surface area contributed by atoms with Gasteiger partial charge in [0.1, 0.15) is 18.2 Å². The van der Waals surface area contributed by atoms with Crippen LogP contribution >= 0.6 is 0 Å². The molecule has 0 amide bonds. The number of aliphatic hydroxyl groups is 1. The highest BCUT2D eigenvalue weighted by Gasteiger charge is 2.13. The van der Waals surface area contributed by atoms with Crippen molar-refractivity contribution in [3.8, 4) is 0 Å². The molecule has 0 saturated carbocycles. The summed E-state index contributed by atoms with van der Waals surface area (Å²) in [6.07, 6.45) is 0.886. The van der Waals surface area contributed by atoms with Crippen LogP contribution in [0.25, 0.3) is 21.7 Å². The molecular weight excluding hydrogens is 278 g/mol. The van der Waals surface area contributed by atoms with Crippen LogP contribution in [-0.2, 0) is 6.54 Å². The zero-order chi connectivity index (χ0) is 15.5. The molecule has 0 aliphatic rings. The highest BCUT2D eigenvalue weighted by molar-refractivity contribution is 6.06. The first-order valence-electron chi connectivity index (χ1n) is 7.61. The largest absolute Gasteiger partial charge is 0.423 e. The lowest BCUT2D eigenvalue weighted by Gasteiger charge is -2.12. The molecule has 0 bridgehead atoms. The van der Waals surface area contributed by atoms with E-state index in [1.807, 2.05) is 37.3 Å². The summed E-state index contributed by atoms with van der Waals surface area (Å²) in [5.74, 6) is 0. The van der Waals surface area contributed by atoms with Gasteiger partial charge in [-0.15, -0.1) is 0 Å². The topological polar surface area (TPSA) is 67.1 Å². The summed E-state index contributed by atoms with van der Waals surface area (Å²) in [6.45, 7) is 2.83. The Morgan fingerprint density at radius 1 is 1.23 bits per heavy atom. The third kappa shape index (κ3) is 2.75. The maximum Gasteiger partial charge on any atom is 0.336 e. The van der Waals surface area contributed by atoms with E-state index in [9.17, 15) is 9.90 Å². The van der Waals surface area contributed by atoms with Crippen LogP contribution in [0.3, 0.4) is 0 Å². The van der Waals surface area contributed by atoms with Crippen LogP contribution in [0, 0.1) is 0 Å². The van der Waals surface area contributed by atoms with Crippen molar-refractivity contribution in [1.29, 1.82) is 0 Å². The average Bonchev–Trinajstić information content (AvgIpc) is 2.55. The van der Waals surface area contributed by atoms with Gasteiger partial charge < -0.3 is 14.8 Å². The van der Waals surface area contributed by atoms with Crippen LogP contribution in [0.2, 0.25) is 0 Å². The van der Waals surface area contributed by atoms with E-state index >= 15 is 0 Å². The normalized spacial score (nSPS) is 12.8. The van der Waals surface area contributed by atoms with Gasteiger partial charge in [-0.25, -0.2) is 4.79 Å². The van der Waals surface area contributed by atoms with Crippen LogP contribution in [-0.4, -0.2) is 17.8 Å². The van der Waals surface area contributed by atoms with E-state index in [1.54, 1.807) is 6.07 Å². The van der Waals surface area contributed by atoms with Crippen molar-refractivity contribution in [1.82, 2.24) is 0 Å². The first-order chi connectivity index (χ1) is 10.7. The third-order valence-electron chi connectivity index (χ3n) is 4.14. The van der Waals surface area contributed by atoms with Crippen LogP contribution in [0.4, 0.5) is 0 Å². The van der Waals surface area contributed by atoms with Gasteiger partial charge in [-0.1, -0.05) is 37.3 Å². The minimum absolute atomic E-state index is 0.136. The second-order valence-electron chi connectivity index (χ2n) is 5.54. The molecular formula is C18H20NO3+. The maximum absolute atomic E-state index is 11.8. The van der Waals surface area contributed by atoms with Gasteiger partial charge in [-0.3, -0.25) is 0 Å². The molecule has 2 aromatic carbocycles. The van der Waals surface area contributed by atoms with Gasteiger partial charge in [0, 0.05) is 17.0 Å². The lowest BCUT2D eigenvalue weighted by Crippen LogP contribution is -2.89. The Morgan fingerprint density at radius 2 is 2.05 bits per heavy atom. The molecule has 1 atom stereocenters. The van der Waals surface area contributed by atoms with Crippen LogP contribution in [0.1, 0.15) is 18.9 Å². The molecule has 0 aliphatic carbocycles. The van der Waals surface area contributed by atoms with Crippen molar-refractivity contribution in [2.24, 2.45) is 0 Å². The predicted molar refractivity (Wildman–Crippen MR) is 86.8 cm³/mol. The Balaban J connectivity index is 2.15.